The predicted octanol–water partition coefficient (Wildman–Crippen LogP) is 2.99. The molecule has 1 aliphatic rings. The maximum absolute atomic E-state index is 12.2. The molecule has 114 valence electrons. The van der Waals surface area contributed by atoms with Crippen LogP contribution in [0.3, 0.4) is 0 Å². The van der Waals surface area contributed by atoms with Crippen molar-refractivity contribution >= 4 is 11.7 Å². The number of nitrogens with zero attached hydrogens (tertiary/aromatic N) is 2. The molecule has 2 aromatic rings. The molecule has 5 heteroatoms. The van der Waals surface area contributed by atoms with Gasteiger partial charge in [0.1, 0.15) is 11.9 Å². The lowest BCUT2D eigenvalue weighted by atomic mass is 10.1. The molecule has 1 aliphatic heterocycles. The summed E-state index contributed by atoms with van der Waals surface area (Å²) >= 11 is 0. The molecule has 22 heavy (non-hydrogen) atoms. The molecule has 0 atom stereocenters. The van der Waals surface area contributed by atoms with Crippen LogP contribution in [0.2, 0.25) is 0 Å². The third-order valence-corrected chi connectivity index (χ3v) is 3.55. The van der Waals surface area contributed by atoms with E-state index in [2.05, 4.69) is 16.4 Å². The molecule has 0 saturated carbocycles. The Labute approximate surface area is 129 Å². The van der Waals surface area contributed by atoms with Gasteiger partial charge in [-0.05, 0) is 49.2 Å². The monoisotopic (exact) mass is 297 g/mol. The molecule has 0 bridgehead atoms. The van der Waals surface area contributed by atoms with Crippen molar-refractivity contribution in [2.75, 3.05) is 18.4 Å². The fourth-order valence-corrected chi connectivity index (χ4v) is 2.54. The first-order valence-electron chi connectivity index (χ1n) is 7.31. The number of ether oxygens (including phenoxy) is 1. The number of pyridine rings is 1. The van der Waals surface area contributed by atoms with Crippen LogP contribution in [0, 0.1) is 13.8 Å². The number of hydrogen-bond donors (Lipinski definition) is 1. The van der Waals surface area contributed by atoms with E-state index in [4.69, 9.17) is 4.74 Å². The van der Waals surface area contributed by atoms with Crippen LogP contribution in [0.4, 0.5) is 10.5 Å². The zero-order chi connectivity index (χ0) is 15.5. The zero-order valence-electron chi connectivity index (χ0n) is 12.7. The molecule has 1 aromatic heterocycles. The summed E-state index contributed by atoms with van der Waals surface area (Å²) in [7, 11) is 0. The number of anilines is 1. The number of carbonyl (C=O) groups is 1. The quantitative estimate of drug-likeness (QED) is 0.947. The van der Waals surface area contributed by atoms with E-state index in [-0.39, 0.29) is 12.1 Å². The molecule has 0 radical (unpaired) electrons. The van der Waals surface area contributed by atoms with E-state index in [0.717, 1.165) is 22.6 Å². The van der Waals surface area contributed by atoms with E-state index in [1.807, 2.05) is 38.1 Å². The van der Waals surface area contributed by atoms with E-state index in [0.29, 0.717) is 13.1 Å². The second-order valence-electron chi connectivity index (χ2n) is 5.64. The molecule has 5 nitrogen and oxygen atoms in total. The van der Waals surface area contributed by atoms with Crippen LogP contribution in [0.25, 0.3) is 0 Å². The van der Waals surface area contributed by atoms with Crippen molar-refractivity contribution in [3.8, 4) is 5.75 Å². The summed E-state index contributed by atoms with van der Waals surface area (Å²) in [5.41, 5.74) is 3.10. The highest BCUT2D eigenvalue weighted by atomic mass is 16.5. The van der Waals surface area contributed by atoms with Crippen molar-refractivity contribution in [3.05, 3.63) is 53.9 Å². The van der Waals surface area contributed by atoms with Gasteiger partial charge in [-0.2, -0.15) is 0 Å². The Morgan fingerprint density at radius 2 is 2.00 bits per heavy atom. The van der Waals surface area contributed by atoms with Gasteiger partial charge in [0.25, 0.3) is 0 Å². The van der Waals surface area contributed by atoms with Gasteiger partial charge in [0.2, 0.25) is 0 Å². The van der Waals surface area contributed by atoms with Crippen LogP contribution >= 0.6 is 0 Å². The van der Waals surface area contributed by atoms with Crippen LogP contribution in [0.15, 0.2) is 42.7 Å². The Morgan fingerprint density at radius 1 is 1.27 bits per heavy atom. The third kappa shape index (κ3) is 3.36. The number of urea groups is 1. The summed E-state index contributed by atoms with van der Waals surface area (Å²) in [5, 5.41) is 2.93. The van der Waals surface area contributed by atoms with E-state index in [1.54, 1.807) is 17.3 Å². The highest BCUT2D eigenvalue weighted by Crippen LogP contribution is 2.19. The van der Waals surface area contributed by atoms with Crippen molar-refractivity contribution in [2.45, 2.75) is 20.0 Å². The molecule has 1 N–H and O–H groups in total. The van der Waals surface area contributed by atoms with Gasteiger partial charge in [-0.15, -0.1) is 0 Å². The minimum atomic E-state index is -0.0870. The van der Waals surface area contributed by atoms with Crippen molar-refractivity contribution in [2.24, 2.45) is 0 Å². The molecule has 3 rings (SSSR count). The molecule has 1 aromatic carbocycles. The number of amides is 2. The lowest BCUT2D eigenvalue weighted by Crippen LogP contribution is -2.57. The van der Waals surface area contributed by atoms with Gasteiger partial charge < -0.3 is 15.0 Å². The molecule has 0 spiro atoms. The Kier molecular flexibility index (Phi) is 3.96. The van der Waals surface area contributed by atoms with Crippen molar-refractivity contribution < 1.29 is 9.53 Å². The molecule has 2 heterocycles. The van der Waals surface area contributed by atoms with E-state index >= 15 is 0 Å². The predicted molar refractivity (Wildman–Crippen MR) is 85.2 cm³/mol. The van der Waals surface area contributed by atoms with Gasteiger partial charge in [0, 0.05) is 11.9 Å². The molecule has 2 amide bonds. The summed E-state index contributed by atoms with van der Waals surface area (Å²) < 4.78 is 5.73. The first kappa shape index (κ1) is 14.4. The molecular weight excluding hydrogens is 278 g/mol. The highest BCUT2D eigenvalue weighted by molar-refractivity contribution is 5.90. The van der Waals surface area contributed by atoms with Crippen LogP contribution in [-0.2, 0) is 0 Å². The molecule has 1 saturated heterocycles. The number of nitrogens with one attached hydrogen (secondary N) is 1. The summed E-state index contributed by atoms with van der Waals surface area (Å²) in [6.45, 7) is 5.21. The fraction of sp³-hybridized carbons (Fsp3) is 0.294. The number of aromatic nitrogens is 1. The maximum atomic E-state index is 12.2. The summed E-state index contributed by atoms with van der Waals surface area (Å²) in [6.07, 6.45) is 3.42. The third-order valence-electron chi connectivity index (χ3n) is 3.55. The second kappa shape index (κ2) is 6.05. The van der Waals surface area contributed by atoms with Crippen molar-refractivity contribution in [3.63, 3.8) is 0 Å². The van der Waals surface area contributed by atoms with Crippen molar-refractivity contribution in [1.82, 2.24) is 9.88 Å². The van der Waals surface area contributed by atoms with Crippen LogP contribution in [0.1, 0.15) is 11.1 Å². The summed E-state index contributed by atoms with van der Waals surface area (Å²) in [5.74, 6) is 0.738. The minimum absolute atomic E-state index is 0.0363. The second-order valence-corrected chi connectivity index (χ2v) is 5.64. The molecule has 1 fully saturated rings. The highest BCUT2D eigenvalue weighted by Gasteiger charge is 2.32. The smallest absolute Gasteiger partial charge is 0.322 e. The summed E-state index contributed by atoms with van der Waals surface area (Å²) in [6, 6.07) is 9.62. The standard InChI is InChI=1S/C17H19N3O2/c1-12-6-13(2)8-14(7-12)19-17(21)20-10-16(11-20)22-15-4-3-5-18-9-15/h3-9,16H,10-11H2,1-2H3,(H,19,21). The topological polar surface area (TPSA) is 54.5 Å². The van der Waals surface area contributed by atoms with E-state index in [9.17, 15) is 4.79 Å². The Bertz CT molecular complexity index is 647. The average molecular weight is 297 g/mol. The number of benzene rings is 1. The van der Waals surface area contributed by atoms with Crippen LogP contribution in [-0.4, -0.2) is 35.1 Å². The van der Waals surface area contributed by atoms with E-state index in [1.165, 1.54) is 0 Å². The number of likely N-dealkylation sites (tertiary alicyclic amines) is 1. The SMILES string of the molecule is Cc1cc(C)cc(NC(=O)N2CC(Oc3cccnc3)C2)c1. The first-order valence-corrected chi connectivity index (χ1v) is 7.31. The first-order chi connectivity index (χ1) is 10.6. The Hall–Kier alpha value is -2.56. The normalized spacial score (nSPS) is 14.4. The average Bonchev–Trinajstić information content (AvgIpc) is 2.42. The molecule has 0 aliphatic carbocycles. The Balaban J connectivity index is 1.51. The summed E-state index contributed by atoms with van der Waals surface area (Å²) in [4.78, 5) is 17.9. The van der Waals surface area contributed by atoms with Crippen LogP contribution < -0.4 is 10.1 Å². The van der Waals surface area contributed by atoms with Gasteiger partial charge >= 0.3 is 6.03 Å². The molecule has 0 unspecified atom stereocenters. The minimum Gasteiger partial charge on any atom is -0.485 e. The van der Waals surface area contributed by atoms with Crippen LogP contribution in [0.5, 0.6) is 5.75 Å². The van der Waals surface area contributed by atoms with Gasteiger partial charge in [-0.25, -0.2) is 4.79 Å². The van der Waals surface area contributed by atoms with Gasteiger partial charge in [0.15, 0.2) is 0 Å². The molecular formula is C17H19N3O2. The zero-order valence-corrected chi connectivity index (χ0v) is 12.7. The maximum Gasteiger partial charge on any atom is 0.322 e. The lowest BCUT2D eigenvalue weighted by molar-refractivity contribution is 0.0490. The van der Waals surface area contributed by atoms with Crippen molar-refractivity contribution in [1.29, 1.82) is 0 Å². The number of rotatable bonds is 3. The largest absolute Gasteiger partial charge is 0.485 e. The number of aryl methyl sites for hydroxylation is 2. The fourth-order valence-electron chi connectivity index (χ4n) is 2.54. The van der Waals surface area contributed by atoms with Gasteiger partial charge in [-0.3, -0.25) is 4.98 Å². The lowest BCUT2D eigenvalue weighted by Gasteiger charge is -2.38. The Morgan fingerprint density at radius 3 is 2.64 bits per heavy atom. The van der Waals surface area contributed by atoms with Gasteiger partial charge in [-0.1, -0.05) is 6.07 Å². The van der Waals surface area contributed by atoms with E-state index < -0.39 is 0 Å². The number of hydrogen-bond acceptors (Lipinski definition) is 3. The number of carbonyl (C=O) groups excluding carboxylic acids is 1. The van der Waals surface area contributed by atoms with Gasteiger partial charge in [0.05, 0.1) is 19.3 Å².